The second-order valence-corrected chi connectivity index (χ2v) is 7.29. The van der Waals surface area contributed by atoms with E-state index in [0.29, 0.717) is 18.7 Å². The number of nitrogens with zero attached hydrogens (tertiary/aromatic N) is 2. The molecule has 1 saturated heterocycles. The molecule has 6 nitrogen and oxygen atoms in total. The summed E-state index contributed by atoms with van der Waals surface area (Å²) in [5, 5.41) is 7.33. The van der Waals surface area contributed by atoms with Crippen molar-refractivity contribution in [3.8, 4) is 0 Å². The van der Waals surface area contributed by atoms with E-state index in [1.54, 1.807) is 0 Å². The lowest BCUT2D eigenvalue weighted by molar-refractivity contribution is 0.0704. The number of hydrogen-bond acceptors (Lipinski definition) is 3. The highest BCUT2D eigenvalue weighted by molar-refractivity contribution is 5.94. The first-order valence-electron chi connectivity index (χ1n) is 9.18. The third-order valence-corrected chi connectivity index (χ3v) is 5.42. The lowest BCUT2D eigenvalue weighted by Gasteiger charge is -2.32. The number of piperidine rings is 1. The summed E-state index contributed by atoms with van der Waals surface area (Å²) in [5.41, 5.74) is 4.23. The predicted octanol–water partition coefficient (Wildman–Crippen LogP) is 2.31. The molecule has 4 rings (SSSR count). The van der Waals surface area contributed by atoms with Crippen molar-refractivity contribution in [2.75, 3.05) is 13.1 Å². The quantitative estimate of drug-likeness (QED) is 0.880. The molecule has 6 heteroatoms. The van der Waals surface area contributed by atoms with Crippen LogP contribution in [0.2, 0.25) is 0 Å². The van der Waals surface area contributed by atoms with Crippen LogP contribution in [0.15, 0.2) is 16.9 Å². The number of aromatic amines is 2. The first kappa shape index (κ1) is 16.1. The van der Waals surface area contributed by atoms with E-state index >= 15 is 0 Å². The summed E-state index contributed by atoms with van der Waals surface area (Å²) >= 11 is 0. The molecule has 2 aromatic heterocycles. The Kier molecular flexibility index (Phi) is 4.19. The second-order valence-electron chi connectivity index (χ2n) is 7.29. The number of likely N-dealkylation sites (tertiary alicyclic amines) is 1. The van der Waals surface area contributed by atoms with Crippen LogP contribution in [0.3, 0.4) is 0 Å². The molecule has 0 radical (unpaired) electrons. The number of aromatic nitrogens is 3. The van der Waals surface area contributed by atoms with Gasteiger partial charge in [-0.25, -0.2) is 0 Å². The molecule has 2 N–H and O–H groups in total. The Morgan fingerprint density at radius 2 is 2.08 bits per heavy atom. The van der Waals surface area contributed by atoms with Gasteiger partial charge in [-0.3, -0.25) is 14.7 Å². The Labute approximate surface area is 146 Å². The van der Waals surface area contributed by atoms with E-state index in [9.17, 15) is 9.59 Å². The molecule has 1 aliphatic carbocycles. The van der Waals surface area contributed by atoms with Gasteiger partial charge in [-0.15, -0.1) is 0 Å². The third-order valence-electron chi connectivity index (χ3n) is 5.42. The van der Waals surface area contributed by atoms with Crippen LogP contribution in [0.25, 0.3) is 0 Å². The number of carbonyl (C=O) groups is 1. The number of pyridine rings is 1. The zero-order chi connectivity index (χ0) is 17.4. The summed E-state index contributed by atoms with van der Waals surface area (Å²) in [4.78, 5) is 30.1. The van der Waals surface area contributed by atoms with Crippen LogP contribution >= 0.6 is 0 Å². The number of aryl methyl sites for hydroxylation is 3. The average molecular weight is 340 g/mol. The fraction of sp³-hybridized carbons (Fsp3) is 0.526. The molecule has 1 aliphatic heterocycles. The number of amides is 1. The molecule has 1 unspecified atom stereocenters. The minimum Gasteiger partial charge on any atom is -0.338 e. The molecular formula is C19H24N4O2. The normalized spacial score (nSPS) is 20.4. The van der Waals surface area contributed by atoms with Crippen molar-refractivity contribution in [3.05, 3.63) is 50.7 Å². The van der Waals surface area contributed by atoms with Gasteiger partial charge in [0.25, 0.3) is 11.5 Å². The molecule has 0 spiro atoms. The molecule has 0 aromatic carbocycles. The minimum absolute atomic E-state index is 0.147. The molecule has 2 aromatic rings. The topological polar surface area (TPSA) is 81.8 Å². The highest BCUT2D eigenvalue weighted by Crippen LogP contribution is 2.27. The fourth-order valence-electron chi connectivity index (χ4n) is 4.06. The SMILES string of the molecule is Cc1cc(C2CCCN(C(=O)c3cc4c([nH]c3=O)CCCC4)C2)n[nH]1. The van der Waals surface area contributed by atoms with Crippen molar-refractivity contribution in [1.82, 2.24) is 20.1 Å². The van der Waals surface area contributed by atoms with Crippen molar-refractivity contribution < 1.29 is 4.79 Å². The second kappa shape index (κ2) is 6.50. The molecular weight excluding hydrogens is 316 g/mol. The monoisotopic (exact) mass is 340 g/mol. The highest BCUT2D eigenvalue weighted by Gasteiger charge is 2.28. The molecule has 1 amide bonds. The molecule has 1 fully saturated rings. The number of rotatable bonds is 2. The van der Waals surface area contributed by atoms with Crippen LogP contribution in [-0.4, -0.2) is 39.1 Å². The van der Waals surface area contributed by atoms with E-state index in [1.807, 2.05) is 24.0 Å². The van der Waals surface area contributed by atoms with Gasteiger partial charge < -0.3 is 9.88 Å². The zero-order valence-corrected chi connectivity index (χ0v) is 14.6. The standard InChI is InChI=1S/C19H24N4O2/c1-12-9-17(22-21-12)14-6-4-8-23(11-14)19(25)15-10-13-5-2-3-7-16(13)20-18(15)24/h9-10,14H,2-8,11H2,1H3,(H,20,24)(H,21,22). The van der Waals surface area contributed by atoms with Crippen LogP contribution in [0.4, 0.5) is 0 Å². The summed E-state index contributed by atoms with van der Waals surface area (Å²) in [6.07, 6.45) is 6.04. The van der Waals surface area contributed by atoms with Gasteiger partial charge >= 0.3 is 0 Å². The number of hydrogen-bond donors (Lipinski definition) is 2. The van der Waals surface area contributed by atoms with Crippen molar-refractivity contribution in [2.45, 2.75) is 51.4 Å². The first-order chi connectivity index (χ1) is 12.1. The van der Waals surface area contributed by atoms with Crippen molar-refractivity contribution in [2.24, 2.45) is 0 Å². The van der Waals surface area contributed by atoms with Crippen molar-refractivity contribution in [3.63, 3.8) is 0 Å². The van der Waals surface area contributed by atoms with Gasteiger partial charge in [-0.05, 0) is 63.1 Å². The van der Waals surface area contributed by atoms with Crippen molar-refractivity contribution >= 4 is 5.91 Å². The largest absolute Gasteiger partial charge is 0.338 e. The maximum absolute atomic E-state index is 13.0. The maximum atomic E-state index is 13.0. The summed E-state index contributed by atoms with van der Waals surface area (Å²) < 4.78 is 0. The van der Waals surface area contributed by atoms with Crippen LogP contribution in [0.1, 0.15) is 64.6 Å². The van der Waals surface area contributed by atoms with Crippen LogP contribution < -0.4 is 5.56 Å². The lowest BCUT2D eigenvalue weighted by atomic mass is 9.93. The van der Waals surface area contributed by atoms with E-state index in [1.165, 1.54) is 0 Å². The van der Waals surface area contributed by atoms with E-state index in [4.69, 9.17) is 0 Å². The number of fused-ring (bicyclic) bond motifs is 1. The first-order valence-corrected chi connectivity index (χ1v) is 9.18. The summed E-state index contributed by atoms with van der Waals surface area (Å²) in [6, 6.07) is 3.88. The summed E-state index contributed by atoms with van der Waals surface area (Å²) in [5.74, 6) is 0.0888. The van der Waals surface area contributed by atoms with Gasteiger partial charge in [0.2, 0.25) is 0 Å². The van der Waals surface area contributed by atoms with Gasteiger partial charge in [0, 0.05) is 30.4 Å². The third kappa shape index (κ3) is 3.13. The molecule has 2 aliphatic rings. The van der Waals surface area contributed by atoms with Gasteiger partial charge in [-0.1, -0.05) is 0 Å². The predicted molar refractivity (Wildman–Crippen MR) is 94.9 cm³/mol. The van der Waals surface area contributed by atoms with Gasteiger partial charge in [0.05, 0.1) is 5.69 Å². The fourth-order valence-corrected chi connectivity index (χ4v) is 4.06. The number of nitrogens with one attached hydrogen (secondary N) is 2. The van der Waals surface area contributed by atoms with Crippen LogP contribution in [0.5, 0.6) is 0 Å². The lowest BCUT2D eigenvalue weighted by Crippen LogP contribution is -2.41. The van der Waals surface area contributed by atoms with Crippen molar-refractivity contribution in [1.29, 1.82) is 0 Å². The molecule has 3 heterocycles. The van der Waals surface area contributed by atoms with E-state index in [0.717, 1.165) is 61.2 Å². The minimum atomic E-state index is -0.247. The summed E-state index contributed by atoms with van der Waals surface area (Å²) in [7, 11) is 0. The zero-order valence-electron chi connectivity index (χ0n) is 14.6. The Hall–Kier alpha value is -2.37. The van der Waals surface area contributed by atoms with Crippen LogP contribution in [-0.2, 0) is 12.8 Å². The molecule has 0 bridgehead atoms. The Morgan fingerprint density at radius 3 is 2.88 bits per heavy atom. The van der Waals surface area contributed by atoms with E-state index in [2.05, 4.69) is 15.2 Å². The van der Waals surface area contributed by atoms with Gasteiger partial charge in [-0.2, -0.15) is 5.10 Å². The number of H-pyrrole nitrogens is 2. The Balaban J connectivity index is 1.57. The van der Waals surface area contributed by atoms with Crippen LogP contribution in [0, 0.1) is 6.92 Å². The smallest absolute Gasteiger partial charge is 0.261 e. The van der Waals surface area contributed by atoms with E-state index in [-0.39, 0.29) is 17.4 Å². The molecule has 1 atom stereocenters. The van der Waals surface area contributed by atoms with E-state index < -0.39 is 0 Å². The average Bonchev–Trinajstić information content (AvgIpc) is 3.07. The maximum Gasteiger partial charge on any atom is 0.261 e. The number of carbonyl (C=O) groups excluding carboxylic acids is 1. The Morgan fingerprint density at radius 1 is 1.24 bits per heavy atom. The Bertz CT molecular complexity index is 851. The molecule has 132 valence electrons. The highest BCUT2D eigenvalue weighted by atomic mass is 16.2. The molecule has 0 saturated carbocycles. The summed E-state index contributed by atoms with van der Waals surface area (Å²) in [6.45, 7) is 3.31. The van der Waals surface area contributed by atoms with Gasteiger partial charge in [0.15, 0.2) is 0 Å². The van der Waals surface area contributed by atoms with Gasteiger partial charge in [0.1, 0.15) is 5.56 Å². The molecule has 25 heavy (non-hydrogen) atoms.